The Morgan fingerprint density at radius 2 is 0.579 bits per heavy atom. The fourth-order valence-electron chi connectivity index (χ4n) is 15.9. The zero-order valence-corrected chi connectivity index (χ0v) is 54.4. The van der Waals surface area contributed by atoms with Crippen LogP contribution in [0.1, 0.15) is 97.2 Å². The molecule has 0 saturated carbocycles. The lowest BCUT2D eigenvalue weighted by molar-refractivity contribution is 0.590. The van der Waals surface area contributed by atoms with Crippen molar-refractivity contribution >= 4 is 89.5 Å². The molecule has 0 N–H and O–H groups in total. The lowest BCUT2D eigenvalue weighted by atomic mass is 9.70. The Morgan fingerprint density at radius 1 is 0.253 bits per heavy atom. The van der Waals surface area contributed by atoms with E-state index >= 15 is 0 Å². The normalized spacial score (nSPS) is 13.4. The number of hydrogen-bond acceptors (Lipinski definition) is 0. The minimum absolute atomic E-state index is 0.0980. The van der Waals surface area contributed by atoms with Crippen molar-refractivity contribution in [3.8, 4) is 55.9 Å². The first-order chi connectivity index (χ1) is 46.3. The van der Waals surface area contributed by atoms with Gasteiger partial charge < -0.3 is 9.13 Å². The van der Waals surface area contributed by atoms with Gasteiger partial charge in [-0.25, -0.2) is 0 Å². The van der Waals surface area contributed by atoms with Crippen LogP contribution in [0.3, 0.4) is 0 Å². The highest BCUT2D eigenvalue weighted by atomic mass is 15.0. The van der Waals surface area contributed by atoms with Crippen LogP contribution in [0.2, 0.25) is 0 Å². The van der Waals surface area contributed by atoms with Gasteiger partial charge in [-0.1, -0.05) is 260 Å². The van der Waals surface area contributed by atoms with E-state index in [0.717, 1.165) is 0 Å². The summed E-state index contributed by atoms with van der Waals surface area (Å²) in [4.78, 5) is 0. The maximum absolute atomic E-state index is 2.47. The van der Waals surface area contributed by atoms with Crippen LogP contribution in [0, 0.1) is 0 Å². The third kappa shape index (κ3) is 9.14. The first-order valence-corrected chi connectivity index (χ1v) is 33.5. The summed E-state index contributed by atoms with van der Waals surface area (Å²) in [6, 6.07) is 110. The third-order valence-corrected chi connectivity index (χ3v) is 20.8. The Balaban J connectivity index is 0.634. The molecule has 452 valence electrons. The van der Waals surface area contributed by atoms with Crippen molar-refractivity contribution in [2.24, 2.45) is 0 Å². The van der Waals surface area contributed by atoms with Gasteiger partial charge in [0.2, 0.25) is 0 Å². The van der Waals surface area contributed by atoms with E-state index in [9.17, 15) is 0 Å². The summed E-state index contributed by atoms with van der Waals surface area (Å²) in [6.07, 6.45) is 9.17. The molecule has 0 bridgehead atoms. The molecule has 2 nitrogen and oxygen atoms in total. The second-order valence-corrected chi connectivity index (χ2v) is 28.5. The predicted octanol–water partition coefficient (Wildman–Crippen LogP) is 24.8. The molecule has 2 aliphatic carbocycles. The number of rotatable bonds is 8. The van der Waals surface area contributed by atoms with Crippen LogP contribution in [0.15, 0.2) is 291 Å². The highest BCUT2D eigenvalue weighted by Gasteiger charge is 2.51. The molecule has 16 aromatic rings. The van der Waals surface area contributed by atoms with Gasteiger partial charge in [-0.2, -0.15) is 0 Å². The van der Waals surface area contributed by atoms with E-state index in [1.54, 1.807) is 0 Å². The molecular weight excluding hydrogens is 1150 g/mol. The fourth-order valence-corrected chi connectivity index (χ4v) is 15.9. The summed E-state index contributed by atoms with van der Waals surface area (Å²) in [7, 11) is 0. The third-order valence-electron chi connectivity index (χ3n) is 20.8. The van der Waals surface area contributed by atoms with E-state index in [1.165, 1.54) is 177 Å². The molecule has 0 amide bonds. The minimum atomic E-state index is -0.479. The van der Waals surface area contributed by atoms with Crippen LogP contribution in [0.25, 0.3) is 145 Å². The van der Waals surface area contributed by atoms with Gasteiger partial charge in [0, 0.05) is 32.9 Å². The first kappa shape index (κ1) is 56.4. The van der Waals surface area contributed by atoms with Crippen molar-refractivity contribution in [2.75, 3.05) is 0 Å². The molecule has 2 heteroatoms. The maximum atomic E-state index is 2.47. The Labute approximate surface area is 555 Å². The molecule has 0 saturated heterocycles. The molecule has 2 heterocycles. The Kier molecular flexibility index (Phi) is 12.7. The van der Waals surface area contributed by atoms with Gasteiger partial charge in [0.1, 0.15) is 0 Å². The van der Waals surface area contributed by atoms with Gasteiger partial charge in [0.15, 0.2) is 0 Å². The predicted molar refractivity (Wildman–Crippen MR) is 405 cm³/mol. The number of para-hydroxylation sites is 2. The summed E-state index contributed by atoms with van der Waals surface area (Å²) < 4.78 is 4.82. The zero-order valence-electron chi connectivity index (χ0n) is 54.4. The molecule has 0 fully saturated rings. The van der Waals surface area contributed by atoms with Gasteiger partial charge in [0.25, 0.3) is 0 Å². The van der Waals surface area contributed by atoms with Gasteiger partial charge >= 0.3 is 0 Å². The fraction of sp³-hybridized carbons (Fsp3) is 0.0968. The second kappa shape index (κ2) is 21.4. The van der Waals surface area contributed by atoms with E-state index in [1.807, 2.05) is 0 Å². The molecule has 0 aliphatic heterocycles. The van der Waals surface area contributed by atoms with Crippen molar-refractivity contribution in [1.29, 1.82) is 0 Å². The van der Waals surface area contributed by atoms with Crippen LogP contribution in [-0.2, 0) is 16.2 Å². The topological polar surface area (TPSA) is 9.86 Å². The monoisotopic (exact) mass is 1210 g/mol. The molecule has 1 spiro atoms. The summed E-state index contributed by atoms with van der Waals surface area (Å²) in [5.41, 5.74) is 29.7. The quantitative estimate of drug-likeness (QED) is 0.134. The molecule has 14 aromatic carbocycles. The summed E-state index contributed by atoms with van der Waals surface area (Å²) in [5, 5.41) is 9.94. The van der Waals surface area contributed by atoms with Crippen LogP contribution in [0.5, 0.6) is 0 Å². The minimum Gasteiger partial charge on any atom is -0.309 e. The van der Waals surface area contributed by atoms with Gasteiger partial charge in [0.05, 0.1) is 27.5 Å². The van der Waals surface area contributed by atoms with Gasteiger partial charge in [-0.15, -0.1) is 0 Å². The van der Waals surface area contributed by atoms with Crippen LogP contribution in [-0.4, -0.2) is 9.13 Å². The van der Waals surface area contributed by atoms with Crippen molar-refractivity contribution < 1.29 is 0 Å². The molecule has 18 rings (SSSR count). The number of aromatic nitrogens is 2. The highest BCUT2D eigenvalue weighted by Crippen LogP contribution is 2.63. The van der Waals surface area contributed by atoms with Crippen LogP contribution >= 0.6 is 0 Å². The molecule has 2 aliphatic rings. The summed E-state index contributed by atoms with van der Waals surface area (Å²) in [5.74, 6) is 0. The largest absolute Gasteiger partial charge is 0.309 e. The summed E-state index contributed by atoms with van der Waals surface area (Å²) in [6.45, 7) is 13.6. The van der Waals surface area contributed by atoms with Crippen LogP contribution < -0.4 is 0 Å². The Bertz CT molecular complexity index is 5540. The standard InChI is InChI=1S/C93H70N2/c1-91(2,3)71-39-43-73(44-40-71)94-87-21-13-9-17-79(87)81-57-69(37-49-89(81)94)67-35-33-63-51-59(27-31-65(63)55-67)23-25-61-29-47-77-78-48-30-62(54-86(78)93(85(77)53-61)83-19-11-7-15-75(83)76-16-8-12-20-84(76)93)26-24-60-28-32-66-56-68(36-34-64(66)52-60)70-38-50-90-82(58-70)80-18-10-14-22-88(80)95(90)74-45-41-72(42-46-74)92(4,5)6/h7-58H,1-6H3/b25-23+,26-24+. The maximum Gasteiger partial charge on any atom is 0.0725 e. The number of fused-ring (bicyclic) bond motifs is 18. The first-order valence-electron chi connectivity index (χ1n) is 33.5. The molecule has 0 radical (unpaired) electrons. The van der Waals surface area contributed by atoms with Gasteiger partial charge in [-0.05, 0) is 230 Å². The molecular formula is C93H70N2. The zero-order chi connectivity index (χ0) is 63.9. The molecule has 2 aromatic heterocycles. The lowest BCUT2D eigenvalue weighted by Gasteiger charge is -2.30. The van der Waals surface area contributed by atoms with Crippen LogP contribution in [0.4, 0.5) is 0 Å². The number of benzene rings is 14. The van der Waals surface area contributed by atoms with Crippen molar-refractivity contribution in [3.05, 3.63) is 347 Å². The number of nitrogens with zero attached hydrogens (tertiary/aromatic N) is 2. The van der Waals surface area contributed by atoms with E-state index in [-0.39, 0.29) is 10.8 Å². The van der Waals surface area contributed by atoms with E-state index < -0.39 is 5.41 Å². The smallest absolute Gasteiger partial charge is 0.0725 e. The highest BCUT2D eigenvalue weighted by molar-refractivity contribution is 6.12. The second-order valence-electron chi connectivity index (χ2n) is 28.5. The van der Waals surface area contributed by atoms with Gasteiger partial charge in [-0.3, -0.25) is 0 Å². The molecule has 95 heavy (non-hydrogen) atoms. The van der Waals surface area contributed by atoms with E-state index in [4.69, 9.17) is 0 Å². The molecule has 0 unspecified atom stereocenters. The lowest BCUT2D eigenvalue weighted by Crippen LogP contribution is -2.26. The Morgan fingerprint density at radius 3 is 1.01 bits per heavy atom. The van der Waals surface area contributed by atoms with E-state index in [0.29, 0.717) is 0 Å². The van der Waals surface area contributed by atoms with Crippen molar-refractivity contribution in [3.63, 3.8) is 0 Å². The SMILES string of the molecule is CC(C)(C)c1ccc(-n2c3ccccc3c3cc(-c4ccc5cc(/C=C/c6ccc7c(c6)C6(c8ccccc8-c8ccccc86)c6cc(/C=C/c8ccc9cc(-c%10ccc%11c(c%10)c%10ccccc%10n%11-c%10ccc(C(C)(C)C)cc%10)ccc9c8)ccc6-7)ccc5c4)ccc32)cc1. The Hall–Kier alpha value is -11.3. The average molecular weight is 1220 g/mol. The summed E-state index contributed by atoms with van der Waals surface area (Å²) >= 11 is 0. The van der Waals surface area contributed by atoms with Crippen molar-refractivity contribution in [1.82, 2.24) is 9.13 Å². The van der Waals surface area contributed by atoms with E-state index in [2.05, 4.69) is 366 Å². The molecule has 0 atom stereocenters. The number of hydrogen-bond donors (Lipinski definition) is 0. The van der Waals surface area contributed by atoms with Crippen molar-refractivity contribution in [2.45, 2.75) is 57.8 Å². The average Bonchev–Trinajstić information content (AvgIpc) is 1.51.